The minimum absolute atomic E-state index is 0.0191. The van der Waals surface area contributed by atoms with Crippen LogP contribution in [0.5, 0.6) is 0 Å². The predicted molar refractivity (Wildman–Crippen MR) is 76.5 cm³/mol. The molecule has 2 aliphatic carbocycles. The average molecular weight is 282 g/mol. The van der Waals surface area contributed by atoms with Crippen LogP contribution >= 0.6 is 0 Å². The van der Waals surface area contributed by atoms with E-state index >= 15 is 0 Å². The number of carbonyl (C=O) groups excluding carboxylic acids is 1. The maximum Gasteiger partial charge on any atom is 0.317 e. The van der Waals surface area contributed by atoms with E-state index in [9.17, 15) is 9.59 Å². The molecule has 2 fully saturated rings. The molecule has 0 bridgehead atoms. The van der Waals surface area contributed by atoms with Gasteiger partial charge in [-0.1, -0.05) is 0 Å². The number of aliphatic carboxylic acids is 1. The second-order valence-electron chi connectivity index (χ2n) is 6.53. The molecule has 2 aliphatic rings. The molecule has 0 aromatic rings. The summed E-state index contributed by atoms with van der Waals surface area (Å²) < 4.78 is 0. The van der Waals surface area contributed by atoms with Crippen LogP contribution in [0.1, 0.15) is 52.4 Å². The summed E-state index contributed by atoms with van der Waals surface area (Å²) in [6.07, 6.45) is 5.37. The second kappa shape index (κ2) is 6.46. The Balaban J connectivity index is 1.79. The van der Waals surface area contributed by atoms with Crippen molar-refractivity contribution < 1.29 is 14.7 Å². The zero-order valence-electron chi connectivity index (χ0n) is 12.5. The van der Waals surface area contributed by atoms with Gasteiger partial charge < -0.3 is 15.3 Å². The Morgan fingerprint density at radius 3 is 2.20 bits per heavy atom. The SMILES string of the molecule is CC(C)N(CC1CC1)C(=O)NC1CCC(C(=O)O)CC1. The van der Waals surface area contributed by atoms with Gasteiger partial charge in [0.15, 0.2) is 0 Å². The molecule has 0 aromatic heterocycles. The molecule has 0 aromatic carbocycles. The Morgan fingerprint density at radius 1 is 1.15 bits per heavy atom. The quantitative estimate of drug-likeness (QED) is 0.813. The van der Waals surface area contributed by atoms with Crippen molar-refractivity contribution in [2.24, 2.45) is 11.8 Å². The fourth-order valence-electron chi connectivity index (χ4n) is 2.85. The van der Waals surface area contributed by atoms with Gasteiger partial charge in [0.05, 0.1) is 5.92 Å². The Bertz CT molecular complexity index is 358. The summed E-state index contributed by atoms with van der Waals surface area (Å²) in [5.74, 6) is -0.242. The molecule has 114 valence electrons. The fraction of sp³-hybridized carbons (Fsp3) is 0.867. The van der Waals surface area contributed by atoms with E-state index in [0.29, 0.717) is 18.8 Å². The highest BCUT2D eigenvalue weighted by molar-refractivity contribution is 5.75. The van der Waals surface area contributed by atoms with Crippen LogP contribution in [-0.2, 0) is 4.79 Å². The van der Waals surface area contributed by atoms with E-state index < -0.39 is 5.97 Å². The maximum absolute atomic E-state index is 12.3. The Labute approximate surface area is 120 Å². The highest BCUT2D eigenvalue weighted by Gasteiger charge is 2.31. The van der Waals surface area contributed by atoms with Gasteiger partial charge in [-0.25, -0.2) is 4.79 Å². The number of carboxylic acids is 1. The molecule has 5 nitrogen and oxygen atoms in total. The largest absolute Gasteiger partial charge is 0.481 e. The molecule has 0 spiro atoms. The smallest absolute Gasteiger partial charge is 0.317 e. The first-order valence-corrected chi connectivity index (χ1v) is 7.77. The molecule has 2 saturated carbocycles. The third kappa shape index (κ3) is 4.12. The standard InChI is InChI=1S/C15H26N2O3/c1-10(2)17(9-11-3-4-11)15(20)16-13-7-5-12(6-8-13)14(18)19/h10-13H,3-9H2,1-2H3,(H,16,20)(H,18,19). The molecule has 2 rings (SSSR count). The summed E-state index contributed by atoms with van der Waals surface area (Å²) in [6.45, 7) is 4.94. The van der Waals surface area contributed by atoms with Crippen molar-refractivity contribution in [3.63, 3.8) is 0 Å². The van der Waals surface area contributed by atoms with Gasteiger partial charge in [-0.15, -0.1) is 0 Å². The summed E-state index contributed by atoms with van der Waals surface area (Å²) >= 11 is 0. The Kier molecular flexibility index (Phi) is 4.89. The first kappa shape index (κ1) is 15.1. The lowest BCUT2D eigenvalue weighted by Gasteiger charge is -2.32. The topological polar surface area (TPSA) is 69.6 Å². The van der Waals surface area contributed by atoms with Crippen LogP contribution in [0.25, 0.3) is 0 Å². The molecule has 2 amide bonds. The van der Waals surface area contributed by atoms with Crippen LogP contribution in [-0.4, -0.2) is 40.6 Å². The molecule has 0 unspecified atom stereocenters. The van der Waals surface area contributed by atoms with E-state index in [1.54, 1.807) is 0 Å². The van der Waals surface area contributed by atoms with Crippen LogP contribution in [0.15, 0.2) is 0 Å². The molecule has 2 N–H and O–H groups in total. The average Bonchev–Trinajstić information content (AvgIpc) is 3.20. The van der Waals surface area contributed by atoms with Crippen molar-refractivity contribution in [2.45, 2.75) is 64.5 Å². The van der Waals surface area contributed by atoms with Gasteiger partial charge in [0.1, 0.15) is 0 Å². The normalized spacial score (nSPS) is 26.4. The highest BCUT2D eigenvalue weighted by Crippen LogP contribution is 2.30. The third-order valence-electron chi connectivity index (χ3n) is 4.44. The van der Waals surface area contributed by atoms with Crippen molar-refractivity contribution in [1.29, 1.82) is 0 Å². The molecule has 0 aliphatic heterocycles. The molecular weight excluding hydrogens is 256 g/mol. The first-order valence-electron chi connectivity index (χ1n) is 7.77. The fourth-order valence-corrected chi connectivity index (χ4v) is 2.85. The zero-order chi connectivity index (χ0) is 14.7. The van der Waals surface area contributed by atoms with Gasteiger partial charge in [0.25, 0.3) is 0 Å². The van der Waals surface area contributed by atoms with Gasteiger partial charge in [-0.3, -0.25) is 4.79 Å². The minimum Gasteiger partial charge on any atom is -0.481 e. The number of rotatable bonds is 5. The number of hydrogen-bond donors (Lipinski definition) is 2. The van der Waals surface area contributed by atoms with Crippen molar-refractivity contribution >= 4 is 12.0 Å². The Morgan fingerprint density at radius 2 is 1.75 bits per heavy atom. The molecule has 5 heteroatoms. The lowest BCUT2D eigenvalue weighted by atomic mass is 9.86. The number of hydrogen-bond acceptors (Lipinski definition) is 2. The highest BCUT2D eigenvalue weighted by atomic mass is 16.4. The van der Waals surface area contributed by atoms with E-state index in [0.717, 1.165) is 19.4 Å². The van der Waals surface area contributed by atoms with Gasteiger partial charge in [-0.2, -0.15) is 0 Å². The number of amides is 2. The van der Waals surface area contributed by atoms with Crippen LogP contribution in [0.2, 0.25) is 0 Å². The van der Waals surface area contributed by atoms with Gasteiger partial charge in [-0.05, 0) is 58.3 Å². The van der Waals surface area contributed by atoms with Crippen LogP contribution in [0, 0.1) is 11.8 Å². The molecule has 0 radical (unpaired) electrons. The third-order valence-corrected chi connectivity index (χ3v) is 4.44. The molecule has 0 atom stereocenters. The number of carbonyl (C=O) groups is 2. The Hall–Kier alpha value is -1.26. The lowest BCUT2D eigenvalue weighted by Crippen LogP contribution is -2.49. The number of nitrogens with one attached hydrogen (secondary N) is 1. The zero-order valence-corrected chi connectivity index (χ0v) is 12.5. The van der Waals surface area contributed by atoms with Crippen molar-refractivity contribution in [3.05, 3.63) is 0 Å². The first-order chi connectivity index (χ1) is 9.47. The number of urea groups is 1. The monoisotopic (exact) mass is 282 g/mol. The summed E-state index contributed by atoms with van der Waals surface area (Å²) in [5.41, 5.74) is 0. The molecule has 0 saturated heterocycles. The molecular formula is C15H26N2O3. The van der Waals surface area contributed by atoms with Crippen LogP contribution in [0.3, 0.4) is 0 Å². The van der Waals surface area contributed by atoms with Crippen LogP contribution < -0.4 is 5.32 Å². The molecule has 0 heterocycles. The maximum atomic E-state index is 12.3. The predicted octanol–water partition coefficient (Wildman–Crippen LogP) is 2.46. The van der Waals surface area contributed by atoms with Gasteiger partial charge >= 0.3 is 12.0 Å². The van der Waals surface area contributed by atoms with Crippen LogP contribution in [0.4, 0.5) is 4.79 Å². The van der Waals surface area contributed by atoms with E-state index in [2.05, 4.69) is 5.32 Å². The summed E-state index contributed by atoms with van der Waals surface area (Å²) in [5, 5.41) is 12.1. The summed E-state index contributed by atoms with van der Waals surface area (Å²) in [7, 11) is 0. The van der Waals surface area contributed by atoms with E-state index in [4.69, 9.17) is 5.11 Å². The van der Waals surface area contributed by atoms with Crippen molar-refractivity contribution in [3.8, 4) is 0 Å². The minimum atomic E-state index is -0.702. The number of carboxylic acid groups (broad SMARTS) is 1. The van der Waals surface area contributed by atoms with Gasteiger partial charge in [0.2, 0.25) is 0 Å². The van der Waals surface area contributed by atoms with Crippen molar-refractivity contribution in [1.82, 2.24) is 10.2 Å². The van der Waals surface area contributed by atoms with E-state index in [1.165, 1.54) is 12.8 Å². The lowest BCUT2D eigenvalue weighted by molar-refractivity contribution is -0.142. The summed E-state index contributed by atoms with van der Waals surface area (Å²) in [4.78, 5) is 25.2. The summed E-state index contributed by atoms with van der Waals surface area (Å²) in [6, 6.07) is 0.371. The van der Waals surface area contributed by atoms with Crippen molar-refractivity contribution in [2.75, 3.05) is 6.54 Å². The van der Waals surface area contributed by atoms with E-state index in [1.807, 2.05) is 18.7 Å². The van der Waals surface area contributed by atoms with E-state index in [-0.39, 0.29) is 24.0 Å². The number of nitrogens with zero attached hydrogens (tertiary/aromatic N) is 1. The van der Waals surface area contributed by atoms with Gasteiger partial charge in [0, 0.05) is 18.6 Å². The second-order valence-corrected chi connectivity index (χ2v) is 6.53. The molecule has 20 heavy (non-hydrogen) atoms.